The zero-order valence-electron chi connectivity index (χ0n) is 13.1. The molecule has 0 fully saturated rings. The predicted octanol–water partition coefficient (Wildman–Crippen LogP) is 3.86. The molecule has 0 unspecified atom stereocenters. The third kappa shape index (κ3) is 3.15. The second-order valence-electron chi connectivity index (χ2n) is 5.25. The maximum absolute atomic E-state index is 12.1. The van der Waals surface area contributed by atoms with E-state index in [2.05, 4.69) is 10.2 Å². The van der Waals surface area contributed by atoms with E-state index in [-0.39, 0.29) is 5.89 Å². The number of aryl methyl sites for hydroxylation is 2. The number of aromatic nitrogens is 2. The van der Waals surface area contributed by atoms with E-state index in [1.165, 1.54) is 6.26 Å². The Bertz CT molecular complexity index is 817. The maximum Gasteiger partial charge on any atom is 0.342 e. The number of furan rings is 1. The molecule has 0 radical (unpaired) electrons. The molecular weight excluding hydrogens is 296 g/mol. The Morgan fingerprint density at radius 2 is 1.87 bits per heavy atom. The molecule has 1 atom stereocenters. The summed E-state index contributed by atoms with van der Waals surface area (Å²) in [6.45, 7) is 5.38. The van der Waals surface area contributed by atoms with Crippen molar-refractivity contribution in [3.05, 3.63) is 59.4 Å². The molecule has 0 saturated heterocycles. The highest BCUT2D eigenvalue weighted by Gasteiger charge is 2.21. The van der Waals surface area contributed by atoms with Gasteiger partial charge in [0.2, 0.25) is 5.89 Å². The SMILES string of the molecule is Cc1ccc(-c2nnc([C@@H](C)OC(=O)c3ccoc3C)o2)cc1. The molecule has 6 heteroatoms. The van der Waals surface area contributed by atoms with Crippen LogP contribution >= 0.6 is 0 Å². The fourth-order valence-electron chi connectivity index (χ4n) is 2.08. The topological polar surface area (TPSA) is 78.4 Å². The molecule has 2 heterocycles. The van der Waals surface area contributed by atoms with Gasteiger partial charge in [0.15, 0.2) is 6.10 Å². The minimum absolute atomic E-state index is 0.245. The van der Waals surface area contributed by atoms with E-state index in [4.69, 9.17) is 13.6 Å². The van der Waals surface area contributed by atoms with Gasteiger partial charge in [0.25, 0.3) is 5.89 Å². The molecule has 2 aromatic heterocycles. The van der Waals surface area contributed by atoms with Gasteiger partial charge in [-0.25, -0.2) is 4.79 Å². The molecule has 1 aromatic carbocycles. The van der Waals surface area contributed by atoms with Gasteiger partial charge in [-0.15, -0.1) is 10.2 Å². The van der Waals surface area contributed by atoms with Gasteiger partial charge in [0, 0.05) is 5.56 Å². The quantitative estimate of drug-likeness (QED) is 0.681. The fraction of sp³-hybridized carbons (Fsp3) is 0.235. The first-order chi connectivity index (χ1) is 11.0. The van der Waals surface area contributed by atoms with Crippen molar-refractivity contribution in [3.63, 3.8) is 0 Å². The molecule has 23 heavy (non-hydrogen) atoms. The Morgan fingerprint density at radius 1 is 1.13 bits per heavy atom. The number of carbonyl (C=O) groups is 1. The highest BCUT2D eigenvalue weighted by Crippen LogP contribution is 2.24. The number of hydrogen-bond acceptors (Lipinski definition) is 6. The molecule has 6 nitrogen and oxygen atoms in total. The zero-order chi connectivity index (χ0) is 16.4. The first-order valence-electron chi connectivity index (χ1n) is 7.20. The lowest BCUT2D eigenvalue weighted by Crippen LogP contribution is -2.09. The molecule has 0 aliphatic rings. The van der Waals surface area contributed by atoms with Crippen molar-refractivity contribution in [2.24, 2.45) is 0 Å². The number of hydrogen-bond donors (Lipinski definition) is 0. The van der Waals surface area contributed by atoms with Crippen LogP contribution < -0.4 is 0 Å². The van der Waals surface area contributed by atoms with Crippen molar-refractivity contribution in [2.75, 3.05) is 0 Å². The monoisotopic (exact) mass is 312 g/mol. The summed E-state index contributed by atoms with van der Waals surface area (Å²) in [4.78, 5) is 12.1. The molecule has 3 rings (SSSR count). The molecule has 0 spiro atoms. The van der Waals surface area contributed by atoms with Crippen LogP contribution in [0.3, 0.4) is 0 Å². The van der Waals surface area contributed by atoms with Gasteiger partial charge in [0.05, 0.1) is 6.26 Å². The summed E-state index contributed by atoms with van der Waals surface area (Å²) in [5, 5.41) is 7.95. The summed E-state index contributed by atoms with van der Waals surface area (Å²) in [5.41, 5.74) is 2.35. The Labute approximate surface area is 133 Å². The van der Waals surface area contributed by atoms with Gasteiger partial charge in [-0.05, 0) is 39.0 Å². The van der Waals surface area contributed by atoms with Crippen LogP contribution in [0, 0.1) is 13.8 Å². The van der Waals surface area contributed by atoms with Gasteiger partial charge < -0.3 is 13.6 Å². The Morgan fingerprint density at radius 3 is 2.52 bits per heavy atom. The van der Waals surface area contributed by atoms with E-state index in [9.17, 15) is 4.79 Å². The van der Waals surface area contributed by atoms with Crippen molar-refractivity contribution >= 4 is 5.97 Å². The highest BCUT2D eigenvalue weighted by molar-refractivity contribution is 5.90. The predicted molar refractivity (Wildman–Crippen MR) is 81.7 cm³/mol. The van der Waals surface area contributed by atoms with E-state index in [0.29, 0.717) is 17.2 Å². The number of esters is 1. The van der Waals surface area contributed by atoms with Gasteiger partial charge in [-0.2, -0.15) is 0 Å². The van der Waals surface area contributed by atoms with Gasteiger partial charge in [0.1, 0.15) is 11.3 Å². The summed E-state index contributed by atoms with van der Waals surface area (Å²) in [5.74, 6) is 0.657. The minimum atomic E-state index is -0.650. The van der Waals surface area contributed by atoms with Gasteiger partial charge in [-0.3, -0.25) is 0 Å². The van der Waals surface area contributed by atoms with Crippen LogP contribution in [-0.4, -0.2) is 16.2 Å². The number of benzene rings is 1. The number of nitrogens with zero attached hydrogens (tertiary/aromatic N) is 2. The van der Waals surface area contributed by atoms with E-state index in [1.54, 1.807) is 19.9 Å². The summed E-state index contributed by atoms with van der Waals surface area (Å²) in [7, 11) is 0. The zero-order valence-corrected chi connectivity index (χ0v) is 13.1. The van der Waals surface area contributed by atoms with Crippen molar-refractivity contribution in [2.45, 2.75) is 26.9 Å². The first-order valence-corrected chi connectivity index (χ1v) is 7.20. The average Bonchev–Trinajstić information content (AvgIpc) is 3.17. The maximum atomic E-state index is 12.1. The molecule has 0 saturated carbocycles. The van der Waals surface area contributed by atoms with Crippen molar-refractivity contribution in [3.8, 4) is 11.5 Å². The lowest BCUT2D eigenvalue weighted by molar-refractivity contribution is 0.0278. The minimum Gasteiger partial charge on any atom is -0.469 e. The molecule has 3 aromatic rings. The summed E-state index contributed by atoms with van der Waals surface area (Å²) < 4.78 is 16.0. The molecular formula is C17H16N2O4. The van der Waals surface area contributed by atoms with E-state index < -0.39 is 12.1 Å². The second kappa shape index (κ2) is 6.08. The van der Waals surface area contributed by atoms with Gasteiger partial charge >= 0.3 is 5.97 Å². The number of rotatable bonds is 4. The molecule has 0 aliphatic carbocycles. The number of ether oxygens (including phenoxy) is 1. The van der Waals surface area contributed by atoms with Crippen molar-refractivity contribution in [1.29, 1.82) is 0 Å². The van der Waals surface area contributed by atoms with Crippen LogP contribution in [-0.2, 0) is 4.74 Å². The fourth-order valence-corrected chi connectivity index (χ4v) is 2.08. The van der Waals surface area contributed by atoms with Crippen molar-refractivity contribution in [1.82, 2.24) is 10.2 Å². The van der Waals surface area contributed by atoms with E-state index in [0.717, 1.165) is 11.1 Å². The average molecular weight is 312 g/mol. The third-order valence-corrected chi connectivity index (χ3v) is 3.45. The molecule has 0 bridgehead atoms. The summed E-state index contributed by atoms with van der Waals surface area (Å²) >= 11 is 0. The van der Waals surface area contributed by atoms with Crippen LogP contribution in [0.5, 0.6) is 0 Å². The lowest BCUT2D eigenvalue weighted by Gasteiger charge is -2.08. The van der Waals surface area contributed by atoms with Crippen LogP contribution in [0.2, 0.25) is 0 Å². The van der Waals surface area contributed by atoms with E-state index in [1.807, 2.05) is 31.2 Å². The van der Waals surface area contributed by atoms with Crippen LogP contribution in [0.25, 0.3) is 11.5 Å². The normalized spacial score (nSPS) is 12.1. The first kappa shape index (κ1) is 15.0. The molecule has 0 aliphatic heterocycles. The standard InChI is InChI=1S/C17H16N2O4/c1-10-4-6-13(7-5-10)16-19-18-15(23-16)12(3)22-17(20)14-8-9-21-11(14)2/h4-9,12H,1-3H3/t12-/m1/s1. The van der Waals surface area contributed by atoms with Crippen molar-refractivity contribution < 1.29 is 18.4 Å². The Hall–Kier alpha value is -2.89. The Kier molecular flexibility index (Phi) is 3.97. The lowest BCUT2D eigenvalue weighted by atomic mass is 10.1. The molecule has 0 N–H and O–H groups in total. The summed E-state index contributed by atoms with van der Waals surface area (Å²) in [6, 6.07) is 9.29. The Balaban J connectivity index is 1.73. The van der Waals surface area contributed by atoms with Crippen LogP contribution in [0.15, 0.2) is 45.4 Å². The van der Waals surface area contributed by atoms with Gasteiger partial charge in [-0.1, -0.05) is 17.7 Å². The van der Waals surface area contributed by atoms with Crippen LogP contribution in [0.1, 0.15) is 40.6 Å². The molecule has 0 amide bonds. The number of carbonyl (C=O) groups excluding carboxylic acids is 1. The largest absolute Gasteiger partial charge is 0.469 e. The summed E-state index contributed by atoms with van der Waals surface area (Å²) in [6.07, 6.45) is 0.794. The molecule has 118 valence electrons. The highest BCUT2D eigenvalue weighted by atomic mass is 16.6. The van der Waals surface area contributed by atoms with E-state index >= 15 is 0 Å². The second-order valence-corrected chi connectivity index (χ2v) is 5.25. The smallest absolute Gasteiger partial charge is 0.342 e. The van der Waals surface area contributed by atoms with Crippen LogP contribution in [0.4, 0.5) is 0 Å². The third-order valence-electron chi connectivity index (χ3n) is 3.45.